The van der Waals surface area contributed by atoms with Crippen LogP contribution in [-0.4, -0.2) is 32.6 Å². The van der Waals surface area contributed by atoms with Gasteiger partial charge in [-0.15, -0.1) is 0 Å². The van der Waals surface area contributed by atoms with Crippen molar-refractivity contribution in [3.05, 3.63) is 29.8 Å². The van der Waals surface area contributed by atoms with Crippen LogP contribution in [0.1, 0.15) is 5.56 Å². The Hall–Kier alpha value is -0.910. The third-order valence-corrected chi connectivity index (χ3v) is 4.28. The summed E-state index contributed by atoms with van der Waals surface area (Å²) >= 11 is 0. The lowest BCUT2D eigenvalue weighted by molar-refractivity contribution is 0.299. The summed E-state index contributed by atoms with van der Waals surface area (Å²) < 4.78 is 30.2. The number of hydrogen-bond acceptors (Lipinski definition) is 3. The zero-order valence-corrected chi connectivity index (χ0v) is 9.49. The first kappa shape index (κ1) is 10.6. The highest BCUT2D eigenvalue weighted by molar-refractivity contribution is 7.89. The van der Waals surface area contributed by atoms with Crippen LogP contribution in [-0.2, 0) is 14.8 Å². The first-order valence-corrected chi connectivity index (χ1v) is 6.12. The molecule has 0 spiro atoms. The molecule has 1 aliphatic rings. The topological polar surface area (TPSA) is 49.9 Å². The van der Waals surface area contributed by atoms with E-state index in [1.807, 2.05) is 6.92 Å². The second-order valence-corrected chi connectivity index (χ2v) is 5.62. The fourth-order valence-corrected chi connectivity index (χ4v) is 2.53. The van der Waals surface area contributed by atoms with Crippen LogP contribution < -0.4 is 0 Å². The lowest BCUT2D eigenvalue weighted by Crippen LogP contribution is -2.29. The highest BCUT2D eigenvalue weighted by Gasteiger charge is 2.36. The molecule has 0 bridgehead atoms. The molecule has 0 aromatic heterocycles. The number of rotatable bonds is 3. The van der Waals surface area contributed by atoms with Crippen molar-refractivity contribution in [2.75, 3.05) is 13.7 Å². The molecule has 1 atom stereocenters. The number of sulfonamides is 1. The van der Waals surface area contributed by atoms with Gasteiger partial charge >= 0.3 is 0 Å². The minimum absolute atomic E-state index is 0.281. The number of likely N-dealkylation sites (N-methyl/N-ethyl adjacent to an activating group) is 1. The number of epoxide rings is 1. The molecule has 4 nitrogen and oxygen atoms in total. The summed E-state index contributed by atoms with van der Waals surface area (Å²) in [6, 6.07) is 6.80. The molecule has 0 saturated carbocycles. The van der Waals surface area contributed by atoms with Crippen molar-refractivity contribution >= 4 is 10.0 Å². The van der Waals surface area contributed by atoms with Gasteiger partial charge in [-0.3, -0.25) is 0 Å². The quantitative estimate of drug-likeness (QED) is 0.723. The zero-order valence-electron chi connectivity index (χ0n) is 8.67. The summed E-state index contributed by atoms with van der Waals surface area (Å²) in [5, 5.41) is 0. The van der Waals surface area contributed by atoms with Gasteiger partial charge in [0.25, 0.3) is 0 Å². The van der Waals surface area contributed by atoms with Gasteiger partial charge in [0.05, 0.1) is 11.5 Å². The molecule has 1 fully saturated rings. The first-order valence-electron chi connectivity index (χ1n) is 4.68. The highest BCUT2D eigenvalue weighted by Crippen LogP contribution is 2.22. The molecule has 1 aliphatic heterocycles. The van der Waals surface area contributed by atoms with E-state index in [4.69, 9.17) is 4.74 Å². The summed E-state index contributed by atoms with van der Waals surface area (Å²) in [6.45, 7) is 2.41. The Bertz CT molecular complexity index is 448. The molecule has 1 aromatic carbocycles. The fraction of sp³-hybridized carbons (Fsp3) is 0.400. The van der Waals surface area contributed by atoms with Crippen molar-refractivity contribution in [1.29, 1.82) is 0 Å². The van der Waals surface area contributed by atoms with Crippen LogP contribution in [0.15, 0.2) is 29.2 Å². The molecule has 15 heavy (non-hydrogen) atoms. The van der Waals surface area contributed by atoms with Gasteiger partial charge in [0.1, 0.15) is 6.23 Å². The van der Waals surface area contributed by atoms with Gasteiger partial charge in [0, 0.05) is 7.05 Å². The van der Waals surface area contributed by atoms with Crippen LogP contribution >= 0.6 is 0 Å². The fourth-order valence-electron chi connectivity index (χ4n) is 1.28. The molecule has 1 aromatic rings. The Morgan fingerprint density at radius 2 is 1.87 bits per heavy atom. The summed E-state index contributed by atoms with van der Waals surface area (Å²) in [4.78, 5) is 0.311. The van der Waals surface area contributed by atoms with Gasteiger partial charge in [0.2, 0.25) is 10.0 Å². The van der Waals surface area contributed by atoms with Crippen molar-refractivity contribution in [3.63, 3.8) is 0 Å². The second kappa shape index (κ2) is 3.59. The molecule has 5 heteroatoms. The van der Waals surface area contributed by atoms with E-state index in [0.29, 0.717) is 11.5 Å². The molecule has 1 heterocycles. The number of ether oxygens (including phenoxy) is 1. The third kappa shape index (κ3) is 2.04. The van der Waals surface area contributed by atoms with Crippen molar-refractivity contribution in [2.24, 2.45) is 0 Å². The van der Waals surface area contributed by atoms with E-state index in [9.17, 15) is 8.42 Å². The lowest BCUT2D eigenvalue weighted by Gasteiger charge is -2.14. The van der Waals surface area contributed by atoms with E-state index in [2.05, 4.69) is 0 Å². The van der Waals surface area contributed by atoms with E-state index < -0.39 is 10.0 Å². The van der Waals surface area contributed by atoms with E-state index in [-0.39, 0.29) is 6.23 Å². The summed E-state index contributed by atoms with van der Waals surface area (Å²) in [5.74, 6) is 0. The number of benzene rings is 1. The van der Waals surface area contributed by atoms with Crippen LogP contribution in [0.25, 0.3) is 0 Å². The van der Waals surface area contributed by atoms with Crippen LogP contribution in [0, 0.1) is 6.92 Å². The zero-order chi connectivity index (χ0) is 11.1. The Labute approximate surface area is 89.5 Å². The third-order valence-electron chi connectivity index (χ3n) is 2.42. The van der Waals surface area contributed by atoms with E-state index in [0.717, 1.165) is 5.56 Å². The molecule has 82 valence electrons. The monoisotopic (exact) mass is 227 g/mol. The Morgan fingerprint density at radius 3 is 2.33 bits per heavy atom. The summed E-state index contributed by atoms with van der Waals surface area (Å²) in [7, 11) is -1.85. The smallest absolute Gasteiger partial charge is 0.245 e. The normalized spacial score (nSPS) is 20.6. The molecule has 0 radical (unpaired) electrons. The number of nitrogens with zero attached hydrogens (tertiary/aromatic N) is 1. The van der Waals surface area contributed by atoms with Gasteiger partial charge in [-0.2, -0.15) is 4.31 Å². The molecular formula is C10H13NO3S. The standard InChI is InChI=1S/C10H13NO3S/c1-8-3-5-9(6-4-8)15(12,13)11(2)10-7-14-10/h3-6,10H,7H2,1-2H3. The SMILES string of the molecule is Cc1ccc(S(=O)(=O)N(C)C2CO2)cc1. The average molecular weight is 227 g/mol. The van der Waals surface area contributed by atoms with E-state index in [1.165, 1.54) is 11.4 Å². The van der Waals surface area contributed by atoms with Crippen LogP contribution in [0.5, 0.6) is 0 Å². The minimum Gasteiger partial charge on any atom is -0.356 e. The molecule has 2 rings (SSSR count). The summed E-state index contributed by atoms with van der Waals surface area (Å²) in [6.07, 6.45) is -0.281. The molecule has 1 unspecified atom stereocenters. The molecule has 1 saturated heterocycles. The largest absolute Gasteiger partial charge is 0.356 e. The van der Waals surface area contributed by atoms with Gasteiger partial charge in [0.15, 0.2) is 0 Å². The van der Waals surface area contributed by atoms with Crippen molar-refractivity contribution in [2.45, 2.75) is 18.0 Å². The number of aryl methyl sites for hydroxylation is 1. The Balaban J connectivity index is 2.32. The highest BCUT2D eigenvalue weighted by atomic mass is 32.2. The minimum atomic E-state index is -3.38. The van der Waals surface area contributed by atoms with Crippen molar-refractivity contribution < 1.29 is 13.2 Å². The number of hydrogen-bond donors (Lipinski definition) is 0. The Morgan fingerprint density at radius 1 is 1.33 bits per heavy atom. The van der Waals surface area contributed by atoms with Crippen LogP contribution in [0.4, 0.5) is 0 Å². The van der Waals surface area contributed by atoms with Crippen molar-refractivity contribution in [1.82, 2.24) is 4.31 Å². The lowest BCUT2D eigenvalue weighted by atomic mass is 10.2. The predicted octanol–water partition coefficient (Wildman–Crippen LogP) is 0.972. The Kier molecular flexibility index (Phi) is 2.54. The second-order valence-electron chi connectivity index (χ2n) is 3.62. The van der Waals surface area contributed by atoms with Crippen LogP contribution in [0.2, 0.25) is 0 Å². The van der Waals surface area contributed by atoms with E-state index in [1.54, 1.807) is 24.3 Å². The van der Waals surface area contributed by atoms with Gasteiger partial charge in [-0.25, -0.2) is 8.42 Å². The first-order chi connectivity index (χ1) is 7.01. The summed E-state index contributed by atoms with van der Waals surface area (Å²) in [5.41, 5.74) is 1.04. The molecular weight excluding hydrogens is 214 g/mol. The molecule has 0 aliphatic carbocycles. The van der Waals surface area contributed by atoms with Gasteiger partial charge in [-0.1, -0.05) is 17.7 Å². The van der Waals surface area contributed by atoms with E-state index >= 15 is 0 Å². The van der Waals surface area contributed by atoms with Crippen LogP contribution in [0.3, 0.4) is 0 Å². The molecule has 0 amide bonds. The molecule has 0 N–H and O–H groups in total. The maximum atomic E-state index is 12.0. The average Bonchev–Trinajstić information content (AvgIpc) is 3.00. The maximum Gasteiger partial charge on any atom is 0.245 e. The van der Waals surface area contributed by atoms with Crippen molar-refractivity contribution in [3.8, 4) is 0 Å². The van der Waals surface area contributed by atoms with Gasteiger partial charge < -0.3 is 4.74 Å². The van der Waals surface area contributed by atoms with Gasteiger partial charge in [-0.05, 0) is 19.1 Å². The predicted molar refractivity (Wildman–Crippen MR) is 55.9 cm³/mol. The maximum absolute atomic E-state index is 12.0.